The lowest BCUT2D eigenvalue weighted by Gasteiger charge is -2.18. The Morgan fingerprint density at radius 3 is 2.29 bits per heavy atom. The topological polar surface area (TPSA) is 46.2 Å². The number of sulfonamides is 1. The Bertz CT molecular complexity index is 711. The molecular formula is C16H18ClNO2S. The third kappa shape index (κ3) is 3.84. The predicted molar refractivity (Wildman–Crippen MR) is 86.0 cm³/mol. The van der Waals surface area contributed by atoms with Crippen molar-refractivity contribution in [2.75, 3.05) is 0 Å². The highest BCUT2D eigenvalue weighted by atomic mass is 35.5. The molecule has 0 aliphatic heterocycles. The standard InChI is InChI=1S/C16H18ClNO2S/c1-3-15(13-10-8-12(2)9-11-13)18-21(19,20)16-7-5-4-6-14(16)17/h4-11,15,18H,3H2,1-2H3/t15-/m0/s1. The first-order valence-electron chi connectivity index (χ1n) is 6.77. The first-order chi connectivity index (χ1) is 9.94. The number of halogens is 1. The molecule has 0 aromatic heterocycles. The SMILES string of the molecule is CC[C@H](NS(=O)(=O)c1ccccc1Cl)c1ccc(C)cc1. The van der Waals surface area contributed by atoms with Crippen molar-refractivity contribution in [3.63, 3.8) is 0 Å². The maximum Gasteiger partial charge on any atom is 0.242 e. The second kappa shape index (κ2) is 6.60. The number of aryl methyl sites for hydroxylation is 1. The molecule has 1 N–H and O–H groups in total. The van der Waals surface area contributed by atoms with Gasteiger partial charge in [-0.3, -0.25) is 0 Å². The van der Waals surface area contributed by atoms with Crippen molar-refractivity contribution in [3.8, 4) is 0 Å². The van der Waals surface area contributed by atoms with Gasteiger partial charge in [0.2, 0.25) is 10.0 Å². The summed E-state index contributed by atoms with van der Waals surface area (Å²) in [6.07, 6.45) is 0.659. The molecule has 0 heterocycles. The minimum atomic E-state index is -3.64. The minimum absolute atomic E-state index is 0.109. The Balaban J connectivity index is 2.30. The van der Waals surface area contributed by atoms with Crippen LogP contribution in [0.4, 0.5) is 0 Å². The van der Waals surface area contributed by atoms with E-state index in [1.165, 1.54) is 6.07 Å². The molecule has 2 rings (SSSR count). The summed E-state index contributed by atoms with van der Waals surface area (Å²) in [7, 11) is -3.64. The minimum Gasteiger partial charge on any atom is -0.207 e. The summed E-state index contributed by atoms with van der Waals surface area (Å²) in [4.78, 5) is 0.109. The van der Waals surface area contributed by atoms with E-state index >= 15 is 0 Å². The maximum atomic E-state index is 12.5. The molecule has 0 aliphatic rings. The summed E-state index contributed by atoms with van der Waals surface area (Å²) in [5.74, 6) is 0. The molecule has 0 radical (unpaired) electrons. The summed E-state index contributed by atoms with van der Waals surface area (Å²) < 4.78 is 27.7. The van der Waals surface area contributed by atoms with Gasteiger partial charge in [0, 0.05) is 6.04 Å². The predicted octanol–water partition coefficient (Wildman–Crippen LogP) is 4.08. The second-order valence-electron chi connectivity index (χ2n) is 4.92. The van der Waals surface area contributed by atoms with Crippen LogP contribution in [0.25, 0.3) is 0 Å². The van der Waals surface area contributed by atoms with Gasteiger partial charge in [-0.25, -0.2) is 13.1 Å². The average molecular weight is 324 g/mol. The van der Waals surface area contributed by atoms with Crippen molar-refractivity contribution in [3.05, 3.63) is 64.7 Å². The van der Waals surface area contributed by atoms with Crippen LogP contribution in [0.5, 0.6) is 0 Å². The Hall–Kier alpha value is -1.36. The first kappa shape index (κ1) is 16.0. The van der Waals surface area contributed by atoms with Gasteiger partial charge in [-0.2, -0.15) is 0 Å². The smallest absolute Gasteiger partial charge is 0.207 e. The fraction of sp³-hybridized carbons (Fsp3) is 0.250. The van der Waals surface area contributed by atoms with Crippen LogP contribution in [0.3, 0.4) is 0 Å². The quantitative estimate of drug-likeness (QED) is 0.901. The maximum absolute atomic E-state index is 12.5. The van der Waals surface area contributed by atoms with Gasteiger partial charge in [-0.1, -0.05) is 60.5 Å². The molecule has 0 spiro atoms. The van der Waals surface area contributed by atoms with E-state index in [0.29, 0.717) is 6.42 Å². The van der Waals surface area contributed by atoms with Gasteiger partial charge in [-0.05, 0) is 31.0 Å². The fourth-order valence-corrected chi connectivity index (χ4v) is 3.93. The van der Waals surface area contributed by atoms with Gasteiger partial charge in [0.25, 0.3) is 0 Å². The molecule has 0 amide bonds. The number of rotatable bonds is 5. The molecule has 5 heteroatoms. The van der Waals surface area contributed by atoms with E-state index < -0.39 is 10.0 Å². The van der Waals surface area contributed by atoms with Crippen LogP contribution < -0.4 is 4.72 Å². The molecule has 0 fully saturated rings. The van der Waals surface area contributed by atoms with E-state index in [9.17, 15) is 8.42 Å². The molecule has 0 unspecified atom stereocenters. The lowest BCUT2D eigenvalue weighted by atomic mass is 10.0. The van der Waals surface area contributed by atoms with Gasteiger partial charge in [0.1, 0.15) is 4.90 Å². The zero-order valence-electron chi connectivity index (χ0n) is 12.0. The number of nitrogens with one attached hydrogen (secondary N) is 1. The Labute approximate surface area is 131 Å². The van der Waals surface area contributed by atoms with Crippen LogP contribution in [0.2, 0.25) is 5.02 Å². The Morgan fingerprint density at radius 1 is 1.10 bits per heavy atom. The lowest BCUT2D eigenvalue weighted by molar-refractivity contribution is 0.550. The zero-order chi connectivity index (χ0) is 15.5. The van der Waals surface area contributed by atoms with Crippen molar-refractivity contribution >= 4 is 21.6 Å². The molecule has 21 heavy (non-hydrogen) atoms. The molecule has 2 aromatic carbocycles. The second-order valence-corrected chi connectivity index (χ2v) is 7.01. The van der Waals surface area contributed by atoms with Gasteiger partial charge < -0.3 is 0 Å². The van der Waals surface area contributed by atoms with Crippen molar-refractivity contribution < 1.29 is 8.42 Å². The van der Waals surface area contributed by atoms with E-state index in [1.54, 1.807) is 18.2 Å². The molecule has 112 valence electrons. The number of hydrogen-bond acceptors (Lipinski definition) is 2. The Morgan fingerprint density at radius 2 is 1.71 bits per heavy atom. The normalized spacial score (nSPS) is 13.1. The average Bonchev–Trinajstić information content (AvgIpc) is 2.46. The fourth-order valence-electron chi connectivity index (χ4n) is 2.10. The monoisotopic (exact) mass is 323 g/mol. The third-order valence-corrected chi connectivity index (χ3v) is 5.28. The molecule has 0 saturated heterocycles. The van der Waals surface area contributed by atoms with Crippen molar-refractivity contribution in [1.29, 1.82) is 0 Å². The van der Waals surface area contributed by atoms with E-state index in [0.717, 1.165) is 11.1 Å². The molecule has 2 aromatic rings. The summed E-state index contributed by atoms with van der Waals surface area (Å²) in [5, 5.41) is 0.226. The first-order valence-corrected chi connectivity index (χ1v) is 8.63. The van der Waals surface area contributed by atoms with Crippen LogP contribution >= 0.6 is 11.6 Å². The highest BCUT2D eigenvalue weighted by Crippen LogP contribution is 2.24. The summed E-state index contributed by atoms with van der Waals surface area (Å²) >= 11 is 5.98. The molecular weight excluding hydrogens is 306 g/mol. The third-order valence-electron chi connectivity index (χ3n) is 3.31. The number of benzene rings is 2. The zero-order valence-corrected chi connectivity index (χ0v) is 13.6. The highest BCUT2D eigenvalue weighted by Gasteiger charge is 2.22. The van der Waals surface area contributed by atoms with E-state index in [4.69, 9.17) is 11.6 Å². The van der Waals surface area contributed by atoms with E-state index in [1.807, 2.05) is 38.1 Å². The van der Waals surface area contributed by atoms with Crippen molar-refractivity contribution in [2.45, 2.75) is 31.2 Å². The van der Waals surface area contributed by atoms with Crippen molar-refractivity contribution in [1.82, 2.24) is 4.72 Å². The molecule has 0 aliphatic carbocycles. The molecule has 3 nitrogen and oxygen atoms in total. The van der Waals surface area contributed by atoms with Crippen molar-refractivity contribution in [2.24, 2.45) is 0 Å². The molecule has 0 bridgehead atoms. The van der Waals surface area contributed by atoms with Crippen LogP contribution in [-0.4, -0.2) is 8.42 Å². The lowest BCUT2D eigenvalue weighted by Crippen LogP contribution is -2.28. The summed E-state index contributed by atoms with van der Waals surface area (Å²) in [6, 6.07) is 14.0. The molecule has 1 atom stereocenters. The van der Waals surface area contributed by atoms with Crippen LogP contribution in [0.15, 0.2) is 53.4 Å². The van der Waals surface area contributed by atoms with Gasteiger partial charge in [0.05, 0.1) is 5.02 Å². The van der Waals surface area contributed by atoms with Gasteiger partial charge in [0.15, 0.2) is 0 Å². The number of hydrogen-bond donors (Lipinski definition) is 1. The van der Waals surface area contributed by atoms with E-state index in [2.05, 4.69) is 4.72 Å². The Kier molecular flexibility index (Phi) is 5.04. The van der Waals surface area contributed by atoms with Crippen LogP contribution in [0.1, 0.15) is 30.5 Å². The van der Waals surface area contributed by atoms with Crippen LogP contribution in [0, 0.1) is 6.92 Å². The van der Waals surface area contributed by atoms with E-state index in [-0.39, 0.29) is 16.0 Å². The summed E-state index contributed by atoms with van der Waals surface area (Å²) in [5.41, 5.74) is 2.08. The highest BCUT2D eigenvalue weighted by molar-refractivity contribution is 7.89. The molecule has 0 saturated carbocycles. The van der Waals surface area contributed by atoms with Gasteiger partial charge >= 0.3 is 0 Å². The summed E-state index contributed by atoms with van der Waals surface area (Å²) in [6.45, 7) is 3.94. The largest absolute Gasteiger partial charge is 0.242 e. The van der Waals surface area contributed by atoms with Crippen LogP contribution in [-0.2, 0) is 10.0 Å². The van der Waals surface area contributed by atoms with Gasteiger partial charge in [-0.15, -0.1) is 0 Å².